The molecule has 0 amide bonds. The zero-order valence-corrected chi connectivity index (χ0v) is 9.04. The van der Waals surface area contributed by atoms with Crippen LogP contribution in [0.1, 0.15) is 17.2 Å². The van der Waals surface area contributed by atoms with E-state index in [2.05, 4.69) is 12.1 Å². The molecule has 0 aliphatic rings. The molecule has 1 atom stereocenters. The van der Waals surface area contributed by atoms with E-state index < -0.39 is 0 Å². The van der Waals surface area contributed by atoms with Crippen LogP contribution in [0, 0.1) is 0 Å². The van der Waals surface area contributed by atoms with Gasteiger partial charge in [-0.3, -0.25) is 0 Å². The molecule has 1 aromatic carbocycles. The molecule has 2 nitrogen and oxygen atoms in total. The van der Waals surface area contributed by atoms with Crippen molar-refractivity contribution in [3.63, 3.8) is 0 Å². The predicted molar refractivity (Wildman–Crippen MR) is 62.3 cm³/mol. The molecule has 78 valence electrons. The Labute approximate surface area is 92.2 Å². The highest BCUT2D eigenvalue weighted by Crippen LogP contribution is 2.31. The molecule has 2 rings (SSSR count). The van der Waals surface area contributed by atoms with Gasteiger partial charge in [-0.15, -0.1) is 11.3 Å². The van der Waals surface area contributed by atoms with Crippen molar-refractivity contribution in [1.29, 1.82) is 0 Å². The molecule has 1 unspecified atom stereocenters. The molecule has 0 bridgehead atoms. The first-order valence-corrected chi connectivity index (χ1v) is 5.69. The normalized spacial score (nSPS) is 12.9. The second-order valence-electron chi connectivity index (χ2n) is 3.47. The Morgan fingerprint density at radius 1 is 1.40 bits per heavy atom. The monoisotopic (exact) mass is 220 g/mol. The number of hydrogen-bond acceptors (Lipinski definition) is 3. The van der Waals surface area contributed by atoms with E-state index in [0.717, 1.165) is 11.2 Å². The molecule has 0 spiro atoms. The standard InChI is InChI=1S/C12H12O2S/c13-6-5-10(8-14)12-7-9-3-1-2-4-11(9)15-12/h1-4,6-7,10,14H,5,8H2. The van der Waals surface area contributed by atoms with Crippen molar-refractivity contribution in [2.24, 2.45) is 0 Å². The van der Waals surface area contributed by atoms with Gasteiger partial charge in [0.1, 0.15) is 6.29 Å². The number of aliphatic hydroxyl groups excluding tert-OH is 1. The average molecular weight is 220 g/mol. The highest BCUT2D eigenvalue weighted by Gasteiger charge is 2.12. The van der Waals surface area contributed by atoms with Crippen LogP contribution in [0.15, 0.2) is 30.3 Å². The van der Waals surface area contributed by atoms with Gasteiger partial charge >= 0.3 is 0 Å². The zero-order valence-electron chi connectivity index (χ0n) is 8.22. The van der Waals surface area contributed by atoms with E-state index in [4.69, 9.17) is 0 Å². The molecular formula is C12H12O2S. The van der Waals surface area contributed by atoms with Crippen molar-refractivity contribution >= 4 is 27.7 Å². The molecule has 0 fully saturated rings. The number of aldehydes is 1. The second-order valence-corrected chi connectivity index (χ2v) is 4.58. The Balaban J connectivity index is 2.38. The van der Waals surface area contributed by atoms with Crippen LogP contribution in [-0.2, 0) is 4.79 Å². The summed E-state index contributed by atoms with van der Waals surface area (Å²) in [6, 6.07) is 10.1. The van der Waals surface area contributed by atoms with Gasteiger partial charge in [0, 0.05) is 21.9 Å². The number of carbonyl (C=O) groups is 1. The number of hydrogen-bond donors (Lipinski definition) is 1. The van der Waals surface area contributed by atoms with E-state index in [0.29, 0.717) is 6.42 Å². The summed E-state index contributed by atoms with van der Waals surface area (Å²) in [5.41, 5.74) is 0. The lowest BCUT2D eigenvalue weighted by Gasteiger charge is -2.06. The van der Waals surface area contributed by atoms with Crippen LogP contribution in [0.5, 0.6) is 0 Å². The molecule has 0 aliphatic carbocycles. The van der Waals surface area contributed by atoms with Gasteiger partial charge in [-0.2, -0.15) is 0 Å². The number of thiophene rings is 1. The van der Waals surface area contributed by atoms with E-state index in [1.807, 2.05) is 18.2 Å². The van der Waals surface area contributed by atoms with Crippen molar-refractivity contribution in [3.8, 4) is 0 Å². The summed E-state index contributed by atoms with van der Waals surface area (Å²) in [5.74, 6) is -0.0418. The lowest BCUT2D eigenvalue weighted by molar-refractivity contribution is -0.108. The first-order chi connectivity index (χ1) is 7.35. The molecule has 0 saturated carbocycles. The van der Waals surface area contributed by atoms with Crippen LogP contribution in [0.2, 0.25) is 0 Å². The van der Waals surface area contributed by atoms with Gasteiger partial charge in [0.25, 0.3) is 0 Å². The third-order valence-corrected chi connectivity index (χ3v) is 3.73. The fraction of sp³-hybridized carbons (Fsp3) is 0.250. The predicted octanol–water partition coefficient (Wildman–Crippen LogP) is 2.57. The third kappa shape index (κ3) is 2.08. The molecule has 1 aromatic heterocycles. The highest BCUT2D eigenvalue weighted by atomic mass is 32.1. The maximum Gasteiger partial charge on any atom is 0.120 e. The number of benzene rings is 1. The Kier molecular flexibility index (Phi) is 3.14. The number of aliphatic hydroxyl groups is 1. The summed E-state index contributed by atoms with van der Waals surface area (Å²) in [4.78, 5) is 11.5. The Morgan fingerprint density at radius 3 is 2.87 bits per heavy atom. The van der Waals surface area contributed by atoms with E-state index in [9.17, 15) is 9.90 Å². The van der Waals surface area contributed by atoms with Crippen molar-refractivity contribution < 1.29 is 9.90 Å². The summed E-state index contributed by atoms with van der Waals surface area (Å²) in [7, 11) is 0. The minimum Gasteiger partial charge on any atom is -0.396 e. The Bertz CT molecular complexity index is 428. The van der Waals surface area contributed by atoms with Crippen LogP contribution in [-0.4, -0.2) is 18.0 Å². The van der Waals surface area contributed by atoms with Gasteiger partial charge in [-0.05, 0) is 17.5 Å². The maximum absolute atomic E-state index is 10.5. The average Bonchev–Trinajstić information content (AvgIpc) is 2.69. The molecular weight excluding hydrogens is 208 g/mol. The summed E-state index contributed by atoms with van der Waals surface area (Å²) in [5, 5.41) is 10.4. The molecule has 1 N–H and O–H groups in total. The molecule has 0 aliphatic heterocycles. The largest absolute Gasteiger partial charge is 0.396 e. The van der Waals surface area contributed by atoms with Crippen LogP contribution in [0.4, 0.5) is 0 Å². The quantitative estimate of drug-likeness (QED) is 0.804. The van der Waals surface area contributed by atoms with Gasteiger partial charge in [-0.1, -0.05) is 18.2 Å². The van der Waals surface area contributed by atoms with Crippen LogP contribution >= 0.6 is 11.3 Å². The summed E-state index contributed by atoms with van der Waals surface area (Å²) in [6.07, 6.45) is 1.26. The molecule has 0 radical (unpaired) electrons. The number of carbonyl (C=O) groups excluding carboxylic acids is 1. The number of fused-ring (bicyclic) bond motifs is 1. The summed E-state index contributed by atoms with van der Waals surface area (Å²) < 4.78 is 1.21. The second kappa shape index (κ2) is 4.55. The molecule has 2 aromatic rings. The lowest BCUT2D eigenvalue weighted by atomic mass is 10.1. The van der Waals surface area contributed by atoms with Gasteiger partial charge in [-0.25, -0.2) is 0 Å². The van der Waals surface area contributed by atoms with E-state index in [1.165, 1.54) is 10.1 Å². The first kappa shape index (κ1) is 10.3. The van der Waals surface area contributed by atoms with Crippen molar-refractivity contribution in [2.75, 3.05) is 6.61 Å². The van der Waals surface area contributed by atoms with Gasteiger partial charge in [0.2, 0.25) is 0 Å². The number of rotatable bonds is 4. The van der Waals surface area contributed by atoms with E-state index in [1.54, 1.807) is 11.3 Å². The fourth-order valence-corrected chi connectivity index (χ4v) is 2.77. The SMILES string of the molecule is O=CCC(CO)c1cc2ccccc2s1. The Morgan fingerprint density at radius 2 is 2.20 bits per heavy atom. The fourth-order valence-electron chi connectivity index (χ4n) is 1.60. The Hall–Kier alpha value is -1.19. The van der Waals surface area contributed by atoms with E-state index in [-0.39, 0.29) is 12.5 Å². The third-order valence-electron chi connectivity index (χ3n) is 2.45. The summed E-state index contributed by atoms with van der Waals surface area (Å²) in [6.45, 7) is 0.0333. The van der Waals surface area contributed by atoms with Crippen LogP contribution in [0.25, 0.3) is 10.1 Å². The highest BCUT2D eigenvalue weighted by molar-refractivity contribution is 7.19. The summed E-state index contributed by atoms with van der Waals surface area (Å²) >= 11 is 1.65. The van der Waals surface area contributed by atoms with Crippen molar-refractivity contribution in [2.45, 2.75) is 12.3 Å². The van der Waals surface area contributed by atoms with Crippen molar-refractivity contribution in [1.82, 2.24) is 0 Å². The first-order valence-electron chi connectivity index (χ1n) is 4.88. The van der Waals surface area contributed by atoms with Gasteiger partial charge in [0.05, 0.1) is 6.61 Å². The van der Waals surface area contributed by atoms with E-state index >= 15 is 0 Å². The molecule has 0 saturated heterocycles. The topological polar surface area (TPSA) is 37.3 Å². The molecule has 15 heavy (non-hydrogen) atoms. The van der Waals surface area contributed by atoms with Gasteiger partial charge < -0.3 is 9.90 Å². The van der Waals surface area contributed by atoms with Gasteiger partial charge in [0.15, 0.2) is 0 Å². The molecule has 1 heterocycles. The van der Waals surface area contributed by atoms with Crippen molar-refractivity contribution in [3.05, 3.63) is 35.2 Å². The minimum absolute atomic E-state index is 0.0333. The van der Waals surface area contributed by atoms with Crippen LogP contribution < -0.4 is 0 Å². The smallest absolute Gasteiger partial charge is 0.120 e. The minimum atomic E-state index is -0.0418. The van der Waals surface area contributed by atoms with Crippen LogP contribution in [0.3, 0.4) is 0 Å². The zero-order chi connectivity index (χ0) is 10.7. The maximum atomic E-state index is 10.5. The lowest BCUT2D eigenvalue weighted by Crippen LogP contribution is -2.02. The molecule has 3 heteroatoms.